The van der Waals surface area contributed by atoms with Crippen molar-refractivity contribution in [3.63, 3.8) is 0 Å². The minimum Gasteiger partial charge on any atom is -0.480 e. The molecule has 1 saturated heterocycles. The fourth-order valence-electron chi connectivity index (χ4n) is 4.37. The van der Waals surface area contributed by atoms with Gasteiger partial charge in [-0.15, -0.1) is 0 Å². The summed E-state index contributed by atoms with van der Waals surface area (Å²) < 4.78 is 0. The number of hydrogen-bond acceptors (Lipinski definition) is 10. The number of amides is 4. The van der Waals surface area contributed by atoms with E-state index in [2.05, 4.69) is 38.5 Å². The van der Waals surface area contributed by atoms with Crippen LogP contribution < -0.4 is 27.4 Å². The van der Waals surface area contributed by atoms with Crippen LogP contribution in [-0.4, -0.2) is 110 Å². The maximum absolute atomic E-state index is 13.1. The van der Waals surface area contributed by atoms with Gasteiger partial charge in [-0.25, -0.2) is 9.78 Å². The van der Waals surface area contributed by atoms with Crippen LogP contribution in [0.25, 0.3) is 0 Å². The van der Waals surface area contributed by atoms with Gasteiger partial charge in [-0.05, 0) is 45.6 Å². The van der Waals surface area contributed by atoms with Gasteiger partial charge in [0.25, 0.3) is 0 Å². The highest BCUT2D eigenvalue weighted by molar-refractivity contribution is 7.80. The van der Waals surface area contributed by atoms with Crippen molar-refractivity contribution in [1.29, 1.82) is 0 Å². The van der Waals surface area contributed by atoms with E-state index in [0.29, 0.717) is 44.5 Å². The topological polar surface area (TPSA) is 246 Å². The van der Waals surface area contributed by atoms with Gasteiger partial charge in [0, 0.05) is 30.6 Å². The molecule has 0 bridgehead atoms. The van der Waals surface area contributed by atoms with E-state index >= 15 is 0 Å². The van der Waals surface area contributed by atoms with Crippen LogP contribution in [0.3, 0.4) is 0 Å². The summed E-state index contributed by atoms with van der Waals surface area (Å²) in [5.41, 5.74) is 12.2. The average Bonchev–Trinajstić information content (AvgIpc) is 3.61. The Hall–Kier alpha value is -3.21. The van der Waals surface area contributed by atoms with Crippen LogP contribution in [-0.2, 0) is 30.4 Å². The minimum atomic E-state index is -1.46. The zero-order valence-electron chi connectivity index (χ0n) is 22.4. The number of carbonyl (C=O) groups excluding carboxylic acids is 4. The van der Waals surface area contributed by atoms with Gasteiger partial charge in [-0.1, -0.05) is 0 Å². The first-order valence-corrected chi connectivity index (χ1v) is 13.8. The third kappa shape index (κ3) is 9.46. The maximum atomic E-state index is 13.1. The molecule has 15 nitrogen and oxygen atoms in total. The Labute approximate surface area is 237 Å². The SMILES string of the molecule is C[C@@H](O)[C@H](NC(=O)[C@@H]1CCCN1C(=O)[C@@H](N)Cc1cnc[nH]1)C(=O)N[C@@H](CS)C(=O)N[C@@H](CCCCN)C(=O)O. The second-order valence-electron chi connectivity index (χ2n) is 9.73. The molecule has 1 aliphatic heterocycles. The number of nitrogens with zero attached hydrogens (tertiary/aromatic N) is 2. The molecule has 0 aromatic carbocycles. The smallest absolute Gasteiger partial charge is 0.326 e. The summed E-state index contributed by atoms with van der Waals surface area (Å²) in [6, 6.07) is -5.70. The number of imidazole rings is 1. The number of aromatic nitrogens is 2. The zero-order valence-corrected chi connectivity index (χ0v) is 23.3. The number of hydrogen-bond donors (Lipinski definition) is 9. The second-order valence-corrected chi connectivity index (χ2v) is 10.1. The molecule has 1 aromatic heterocycles. The third-order valence-corrected chi connectivity index (χ3v) is 6.96. The van der Waals surface area contributed by atoms with E-state index in [1.807, 2.05) is 0 Å². The second kappa shape index (κ2) is 16.2. The van der Waals surface area contributed by atoms with E-state index in [-0.39, 0.29) is 18.6 Å². The molecule has 40 heavy (non-hydrogen) atoms. The van der Waals surface area contributed by atoms with Gasteiger partial charge in [0.15, 0.2) is 0 Å². The summed E-state index contributed by atoms with van der Waals surface area (Å²) in [6.45, 7) is 1.97. The lowest BCUT2D eigenvalue weighted by Crippen LogP contribution is -2.61. The molecule has 1 aliphatic rings. The molecular weight excluding hydrogens is 544 g/mol. The Balaban J connectivity index is 2.02. The molecule has 2 rings (SSSR count). The molecule has 6 atom stereocenters. The highest BCUT2D eigenvalue weighted by Crippen LogP contribution is 2.19. The number of thiol groups is 1. The summed E-state index contributed by atoms with van der Waals surface area (Å²) in [7, 11) is 0. The fraction of sp³-hybridized carbons (Fsp3) is 0.667. The van der Waals surface area contributed by atoms with Crippen LogP contribution in [0.4, 0.5) is 0 Å². The summed E-state index contributed by atoms with van der Waals surface area (Å²) >= 11 is 4.08. The number of nitrogens with one attached hydrogen (secondary N) is 4. The van der Waals surface area contributed by atoms with Crippen LogP contribution >= 0.6 is 12.6 Å². The number of unbranched alkanes of at least 4 members (excludes halogenated alkanes) is 1. The predicted molar refractivity (Wildman–Crippen MR) is 147 cm³/mol. The first-order chi connectivity index (χ1) is 19.0. The Kier molecular flexibility index (Phi) is 13.3. The lowest BCUT2D eigenvalue weighted by Gasteiger charge is -2.29. The van der Waals surface area contributed by atoms with E-state index in [0.717, 1.165) is 0 Å². The molecule has 1 fully saturated rings. The molecule has 16 heteroatoms. The number of carbonyl (C=O) groups is 5. The lowest BCUT2D eigenvalue weighted by atomic mass is 10.1. The van der Waals surface area contributed by atoms with E-state index in [1.54, 1.807) is 6.20 Å². The molecular formula is C24H40N8O7S. The molecule has 224 valence electrons. The summed E-state index contributed by atoms with van der Waals surface area (Å²) in [5, 5.41) is 26.9. The van der Waals surface area contributed by atoms with Crippen LogP contribution in [0.1, 0.15) is 44.7 Å². The van der Waals surface area contributed by atoms with E-state index in [4.69, 9.17) is 11.5 Å². The van der Waals surface area contributed by atoms with E-state index in [1.165, 1.54) is 18.2 Å². The average molecular weight is 585 g/mol. The monoisotopic (exact) mass is 584 g/mol. The first kappa shape index (κ1) is 33.0. The number of likely N-dealkylation sites (tertiary alicyclic amines) is 1. The van der Waals surface area contributed by atoms with E-state index < -0.39 is 65.9 Å². The maximum Gasteiger partial charge on any atom is 0.326 e. The van der Waals surface area contributed by atoms with Crippen molar-refractivity contribution in [2.45, 2.75) is 81.8 Å². The number of H-pyrrole nitrogens is 1. The van der Waals surface area contributed by atoms with Crippen molar-refractivity contribution in [3.8, 4) is 0 Å². The molecule has 0 saturated carbocycles. The first-order valence-electron chi connectivity index (χ1n) is 13.2. The molecule has 0 aliphatic carbocycles. The molecule has 10 N–H and O–H groups in total. The summed E-state index contributed by atoms with van der Waals surface area (Å²) in [4.78, 5) is 71.5. The van der Waals surface area contributed by atoms with Gasteiger partial charge in [0.05, 0.1) is 18.5 Å². The number of aromatic amines is 1. The highest BCUT2D eigenvalue weighted by Gasteiger charge is 2.39. The van der Waals surface area contributed by atoms with Gasteiger partial charge < -0.3 is 47.5 Å². The molecule has 4 amide bonds. The third-order valence-electron chi connectivity index (χ3n) is 6.59. The van der Waals surface area contributed by atoms with Crippen molar-refractivity contribution < 1.29 is 34.2 Å². The molecule has 2 heterocycles. The Morgan fingerprint density at radius 1 is 1.18 bits per heavy atom. The standard InChI is InChI=1S/C24H40N8O7S/c1-13(33)19(22(36)30-17(11-40)20(34)29-16(24(38)39)5-2-3-7-25)31-21(35)18-6-4-8-32(18)23(37)15(26)9-14-10-27-12-28-14/h10,12-13,15-19,33,40H,2-9,11,25-26H2,1H3,(H,27,28)(H,29,34)(H,30,36)(H,31,35)(H,38,39)/t13-,15+,16+,17+,18+,19+/m1/s1. The van der Waals surface area contributed by atoms with Crippen molar-refractivity contribution >= 4 is 42.2 Å². The summed E-state index contributed by atoms with van der Waals surface area (Å²) in [5.74, 6) is -4.15. The molecule has 0 unspecified atom stereocenters. The van der Waals surface area contributed by atoms with Crippen LogP contribution in [0.5, 0.6) is 0 Å². The largest absolute Gasteiger partial charge is 0.480 e. The van der Waals surface area contributed by atoms with Gasteiger partial charge in [-0.3, -0.25) is 19.2 Å². The van der Waals surface area contributed by atoms with Crippen molar-refractivity contribution in [2.24, 2.45) is 11.5 Å². The van der Waals surface area contributed by atoms with Gasteiger partial charge in [0.1, 0.15) is 24.2 Å². The van der Waals surface area contributed by atoms with Gasteiger partial charge in [-0.2, -0.15) is 12.6 Å². The Morgan fingerprint density at radius 3 is 2.45 bits per heavy atom. The molecule has 1 aromatic rings. The van der Waals surface area contributed by atoms with Gasteiger partial charge in [0.2, 0.25) is 23.6 Å². The van der Waals surface area contributed by atoms with E-state index in [9.17, 15) is 34.2 Å². The Bertz CT molecular complexity index is 1010. The van der Waals surface area contributed by atoms with Crippen molar-refractivity contribution in [2.75, 3.05) is 18.8 Å². The quantitative estimate of drug-likeness (QED) is 0.0716. The number of aliphatic hydroxyl groups excluding tert-OH is 1. The normalized spacial score (nSPS) is 18.7. The predicted octanol–water partition coefficient (Wildman–Crippen LogP) is -2.75. The number of carboxylic acid groups (broad SMARTS) is 1. The highest BCUT2D eigenvalue weighted by atomic mass is 32.1. The summed E-state index contributed by atoms with van der Waals surface area (Å²) in [6.07, 6.45) is 3.97. The zero-order chi connectivity index (χ0) is 29.8. The van der Waals surface area contributed by atoms with Crippen LogP contribution in [0.15, 0.2) is 12.5 Å². The Morgan fingerprint density at radius 2 is 1.88 bits per heavy atom. The van der Waals surface area contributed by atoms with Crippen molar-refractivity contribution in [3.05, 3.63) is 18.2 Å². The van der Waals surface area contributed by atoms with Gasteiger partial charge >= 0.3 is 5.97 Å². The fourth-order valence-corrected chi connectivity index (χ4v) is 4.63. The number of carboxylic acids is 1. The molecule has 0 radical (unpaired) electrons. The minimum absolute atomic E-state index is 0.153. The molecule has 0 spiro atoms. The number of aliphatic carboxylic acids is 1. The van der Waals surface area contributed by atoms with Crippen LogP contribution in [0, 0.1) is 0 Å². The number of rotatable bonds is 16. The lowest BCUT2D eigenvalue weighted by molar-refractivity contribution is -0.142. The van der Waals surface area contributed by atoms with Crippen LogP contribution in [0.2, 0.25) is 0 Å². The van der Waals surface area contributed by atoms with Crippen molar-refractivity contribution in [1.82, 2.24) is 30.8 Å². The number of nitrogens with two attached hydrogens (primary N) is 2. The number of aliphatic hydroxyl groups is 1.